The third kappa shape index (κ3) is 10.9. The summed E-state index contributed by atoms with van der Waals surface area (Å²) < 4.78 is 24.5. The minimum absolute atomic E-state index is 0.0647. The van der Waals surface area contributed by atoms with Gasteiger partial charge in [-0.3, -0.25) is 38.8 Å². The Kier molecular flexibility index (Phi) is 14.1. The lowest BCUT2D eigenvalue weighted by Gasteiger charge is -2.33. The van der Waals surface area contributed by atoms with E-state index in [4.69, 9.17) is 18.9 Å². The predicted molar refractivity (Wildman–Crippen MR) is 240 cm³/mol. The fraction of sp³-hybridized carbons (Fsp3) is 0.462. The summed E-state index contributed by atoms with van der Waals surface area (Å²) in [5.74, 6) is -1.22. The monoisotopic (exact) mass is 868 g/mol. The fourth-order valence-corrected chi connectivity index (χ4v) is 10.3. The van der Waals surface area contributed by atoms with Crippen LogP contribution in [0.2, 0.25) is 0 Å². The molecule has 1 heterocycles. The zero-order valence-corrected chi connectivity index (χ0v) is 36.7. The van der Waals surface area contributed by atoms with E-state index in [9.17, 15) is 19.2 Å². The summed E-state index contributed by atoms with van der Waals surface area (Å²) in [5.41, 5.74) is 9.11. The minimum Gasteiger partial charge on any atom is -0.457 e. The second-order valence-electron chi connectivity index (χ2n) is 18.0. The second-order valence-corrected chi connectivity index (χ2v) is 18.0. The van der Waals surface area contributed by atoms with Crippen molar-refractivity contribution in [2.45, 2.75) is 75.8 Å². The summed E-state index contributed by atoms with van der Waals surface area (Å²) in [6.07, 6.45) is 5.38. The van der Waals surface area contributed by atoms with Gasteiger partial charge in [0.15, 0.2) is 0 Å². The van der Waals surface area contributed by atoms with E-state index in [0.29, 0.717) is 52.4 Å². The van der Waals surface area contributed by atoms with Crippen LogP contribution in [0.15, 0.2) is 97.1 Å². The number of hydrogen-bond donors (Lipinski definition) is 0. The van der Waals surface area contributed by atoms with E-state index in [1.165, 1.54) is 22.3 Å². The normalized spacial score (nSPS) is 22.9. The Hall–Kier alpha value is -5.40. The van der Waals surface area contributed by atoms with E-state index in [0.717, 1.165) is 73.6 Å². The van der Waals surface area contributed by atoms with Crippen molar-refractivity contribution in [3.63, 3.8) is 0 Å². The molecule has 9 rings (SSSR count). The molecule has 0 aromatic heterocycles. The number of hydrogen-bond acceptors (Lipinski definition) is 12. The smallest absolute Gasteiger partial charge is 0.320 e. The predicted octanol–water partition coefficient (Wildman–Crippen LogP) is 6.13. The largest absolute Gasteiger partial charge is 0.457 e. The number of carbonyl (C=O) groups is 4. The molecule has 12 nitrogen and oxygen atoms in total. The molecular formula is C52H60N4O8. The summed E-state index contributed by atoms with van der Waals surface area (Å²) in [4.78, 5) is 63.1. The van der Waals surface area contributed by atoms with E-state index >= 15 is 0 Å². The Morgan fingerprint density at radius 2 is 0.547 bits per heavy atom. The van der Waals surface area contributed by atoms with Gasteiger partial charge in [-0.15, -0.1) is 0 Å². The van der Waals surface area contributed by atoms with Crippen LogP contribution in [-0.2, 0) is 63.8 Å². The highest BCUT2D eigenvalue weighted by atomic mass is 16.6. The van der Waals surface area contributed by atoms with Crippen LogP contribution in [0.4, 0.5) is 0 Å². The van der Waals surface area contributed by atoms with Gasteiger partial charge in [0.05, 0.1) is 26.2 Å². The maximum atomic E-state index is 13.7. The number of fused-ring (bicyclic) bond motifs is 4. The van der Waals surface area contributed by atoms with Crippen molar-refractivity contribution in [3.8, 4) is 0 Å². The molecule has 0 radical (unpaired) electrons. The van der Waals surface area contributed by atoms with E-state index in [1.807, 2.05) is 72.8 Å². The van der Waals surface area contributed by atoms with Crippen LogP contribution in [-0.4, -0.2) is 122 Å². The minimum atomic E-state index is -0.305. The van der Waals surface area contributed by atoms with Crippen molar-refractivity contribution < 1.29 is 38.1 Å². The lowest BCUT2D eigenvalue weighted by molar-refractivity contribution is -0.153. The molecular weight excluding hydrogens is 809 g/mol. The molecule has 4 atom stereocenters. The SMILES string of the molecule is O=C(CN1CCN(CC(=O)OC2CCc3ccccc32)CCN(CC(=O)OC2CCc3ccccc32)CCN(CC(=O)OC2CCc3ccccc32)CC1)OC1CCc2ccccc21. The maximum absolute atomic E-state index is 13.7. The average molecular weight is 869 g/mol. The summed E-state index contributed by atoms with van der Waals surface area (Å²) in [6, 6.07) is 32.5. The van der Waals surface area contributed by atoms with Gasteiger partial charge in [0.1, 0.15) is 24.4 Å². The summed E-state index contributed by atoms with van der Waals surface area (Å²) in [5, 5.41) is 0. The van der Waals surface area contributed by atoms with Crippen LogP contribution in [0, 0.1) is 0 Å². The summed E-state index contributed by atoms with van der Waals surface area (Å²) >= 11 is 0. The van der Waals surface area contributed by atoms with Gasteiger partial charge in [-0.2, -0.15) is 0 Å². The van der Waals surface area contributed by atoms with Crippen molar-refractivity contribution in [1.29, 1.82) is 0 Å². The lowest BCUT2D eigenvalue weighted by atomic mass is 10.1. The first kappa shape index (κ1) is 43.8. The summed E-state index contributed by atoms with van der Waals surface area (Å²) in [6.45, 7) is 4.01. The van der Waals surface area contributed by atoms with Gasteiger partial charge < -0.3 is 18.9 Å². The topological polar surface area (TPSA) is 118 Å². The van der Waals surface area contributed by atoms with Crippen LogP contribution in [0.25, 0.3) is 0 Å². The molecule has 336 valence electrons. The molecule has 4 unspecified atom stereocenters. The zero-order chi connectivity index (χ0) is 43.8. The number of ether oxygens (including phenoxy) is 4. The molecule has 4 aliphatic carbocycles. The van der Waals surface area contributed by atoms with Crippen molar-refractivity contribution in [2.24, 2.45) is 0 Å². The molecule has 0 amide bonds. The van der Waals surface area contributed by atoms with E-state index in [-0.39, 0.29) is 74.5 Å². The Labute approximate surface area is 376 Å². The molecule has 1 fully saturated rings. The second kappa shape index (κ2) is 20.6. The molecule has 0 N–H and O–H groups in total. The molecule has 1 aliphatic heterocycles. The van der Waals surface area contributed by atoms with Crippen molar-refractivity contribution >= 4 is 23.9 Å². The first-order valence-electron chi connectivity index (χ1n) is 23.3. The number of benzene rings is 4. The number of rotatable bonds is 12. The van der Waals surface area contributed by atoms with Gasteiger partial charge in [-0.1, -0.05) is 97.1 Å². The molecule has 0 saturated carbocycles. The average Bonchev–Trinajstić information content (AvgIpc) is 4.11. The van der Waals surface area contributed by atoms with E-state index in [2.05, 4.69) is 43.9 Å². The van der Waals surface area contributed by atoms with Crippen LogP contribution < -0.4 is 0 Å². The molecule has 4 aromatic carbocycles. The van der Waals surface area contributed by atoms with Gasteiger partial charge in [0.2, 0.25) is 0 Å². The van der Waals surface area contributed by atoms with Crippen LogP contribution in [0.1, 0.15) is 94.6 Å². The van der Waals surface area contributed by atoms with Crippen molar-refractivity contribution in [3.05, 3.63) is 142 Å². The molecule has 1 saturated heterocycles. The molecule has 5 aliphatic rings. The van der Waals surface area contributed by atoms with Crippen LogP contribution in [0.3, 0.4) is 0 Å². The molecule has 4 aromatic rings. The van der Waals surface area contributed by atoms with Gasteiger partial charge in [0, 0.05) is 52.4 Å². The van der Waals surface area contributed by atoms with Gasteiger partial charge >= 0.3 is 23.9 Å². The van der Waals surface area contributed by atoms with Gasteiger partial charge in [-0.05, 0) is 95.9 Å². The Morgan fingerprint density at radius 3 is 0.766 bits per heavy atom. The van der Waals surface area contributed by atoms with Crippen molar-refractivity contribution in [1.82, 2.24) is 19.6 Å². The standard InChI is InChI=1S/C52H60N4O8/c57-49(61-45-21-17-37-9-1-5-13-41(37)45)33-53-25-27-54(34-50(58)62-46-22-18-38-10-2-6-14-42(38)46)29-31-56(36-52(60)64-48-24-20-40-12-4-8-16-44(40)48)32-30-55(28-26-53)35-51(59)63-47-23-19-39-11-3-7-15-43(39)47/h1-16,45-48H,17-36H2. The number of esters is 4. The fourth-order valence-electron chi connectivity index (χ4n) is 10.3. The van der Waals surface area contributed by atoms with Gasteiger partial charge in [0.25, 0.3) is 0 Å². The quantitative estimate of drug-likeness (QED) is 0.121. The first-order chi connectivity index (χ1) is 31.3. The Bertz CT molecular complexity index is 1970. The number of aryl methyl sites for hydroxylation is 4. The third-order valence-corrected chi connectivity index (χ3v) is 13.7. The molecule has 12 heteroatoms. The first-order valence-corrected chi connectivity index (χ1v) is 23.3. The molecule has 0 bridgehead atoms. The Balaban J connectivity index is 0.905. The van der Waals surface area contributed by atoms with Crippen molar-refractivity contribution in [2.75, 3.05) is 78.5 Å². The van der Waals surface area contributed by atoms with Crippen LogP contribution >= 0.6 is 0 Å². The number of carbonyl (C=O) groups excluding carboxylic acids is 4. The third-order valence-electron chi connectivity index (χ3n) is 13.7. The highest BCUT2D eigenvalue weighted by molar-refractivity contribution is 5.74. The highest BCUT2D eigenvalue weighted by Crippen LogP contribution is 2.37. The number of nitrogens with zero attached hydrogens (tertiary/aromatic N) is 4. The highest BCUT2D eigenvalue weighted by Gasteiger charge is 2.31. The molecule has 64 heavy (non-hydrogen) atoms. The maximum Gasteiger partial charge on any atom is 0.320 e. The Morgan fingerprint density at radius 1 is 0.344 bits per heavy atom. The summed E-state index contributed by atoms with van der Waals surface area (Å²) in [7, 11) is 0. The van der Waals surface area contributed by atoms with Crippen LogP contribution in [0.5, 0.6) is 0 Å². The van der Waals surface area contributed by atoms with E-state index in [1.54, 1.807) is 0 Å². The van der Waals surface area contributed by atoms with Gasteiger partial charge in [-0.25, -0.2) is 0 Å². The zero-order valence-electron chi connectivity index (χ0n) is 36.7. The van der Waals surface area contributed by atoms with E-state index < -0.39 is 0 Å². The molecule has 0 spiro atoms. The lowest BCUT2D eigenvalue weighted by Crippen LogP contribution is -2.49.